The van der Waals surface area contributed by atoms with Gasteiger partial charge < -0.3 is 19.4 Å². The topological polar surface area (TPSA) is 65.4 Å². The fourth-order valence-electron chi connectivity index (χ4n) is 4.55. The predicted molar refractivity (Wildman–Crippen MR) is 140 cm³/mol. The fraction of sp³-hybridized carbons (Fsp3) is 0.310. The summed E-state index contributed by atoms with van der Waals surface area (Å²) in [6.45, 7) is 9.95. The number of imidazole rings is 1. The molecule has 182 valence electrons. The molecule has 0 unspecified atom stereocenters. The summed E-state index contributed by atoms with van der Waals surface area (Å²) in [6, 6.07) is 15.6. The molecule has 6 heteroatoms. The molecule has 4 rings (SSSR count). The maximum absolute atomic E-state index is 12.8. The zero-order valence-electron chi connectivity index (χ0n) is 21.4. The lowest BCUT2D eigenvalue weighted by Crippen LogP contribution is -2.26. The number of hydrogen-bond acceptors (Lipinski definition) is 4. The van der Waals surface area contributed by atoms with Crippen LogP contribution in [-0.4, -0.2) is 36.2 Å². The molecule has 0 aliphatic carbocycles. The number of nitrogens with zero attached hydrogens (tertiary/aromatic N) is 2. The summed E-state index contributed by atoms with van der Waals surface area (Å²) >= 11 is 0. The Labute approximate surface area is 206 Å². The molecule has 0 fully saturated rings. The first-order valence-electron chi connectivity index (χ1n) is 11.8. The Bertz CT molecular complexity index is 1360. The third-order valence-electron chi connectivity index (χ3n) is 6.85. The summed E-state index contributed by atoms with van der Waals surface area (Å²) in [7, 11) is 3.13. The molecular formula is C29H33N3O3. The van der Waals surface area contributed by atoms with Crippen molar-refractivity contribution in [2.24, 2.45) is 0 Å². The van der Waals surface area contributed by atoms with Crippen LogP contribution in [0, 0.1) is 27.7 Å². The van der Waals surface area contributed by atoms with Gasteiger partial charge in [-0.05, 0) is 85.8 Å². The van der Waals surface area contributed by atoms with E-state index in [0.717, 1.165) is 23.4 Å². The van der Waals surface area contributed by atoms with Crippen LogP contribution in [0.3, 0.4) is 0 Å². The first-order valence-corrected chi connectivity index (χ1v) is 11.8. The molecule has 0 bridgehead atoms. The highest BCUT2D eigenvalue weighted by molar-refractivity contribution is 5.94. The largest absolute Gasteiger partial charge is 0.493 e. The summed E-state index contributed by atoms with van der Waals surface area (Å²) in [5.74, 6) is 1.92. The van der Waals surface area contributed by atoms with Gasteiger partial charge in [0.25, 0.3) is 5.91 Å². The number of nitrogens with one attached hydrogen (secondary N) is 1. The highest BCUT2D eigenvalue weighted by Crippen LogP contribution is 2.28. The third-order valence-corrected chi connectivity index (χ3v) is 6.85. The van der Waals surface area contributed by atoms with Crippen molar-refractivity contribution in [1.82, 2.24) is 14.9 Å². The lowest BCUT2D eigenvalue weighted by atomic mass is 9.94. The van der Waals surface area contributed by atoms with E-state index in [1.165, 1.54) is 27.8 Å². The summed E-state index contributed by atoms with van der Waals surface area (Å²) in [5, 5.41) is 3.02. The molecule has 0 saturated heterocycles. The number of ether oxygens (including phenoxy) is 2. The van der Waals surface area contributed by atoms with Crippen LogP contribution in [-0.2, 0) is 13.0 Å². The van der Waals surface area contributed by atoms with Gasteiger partial charge in [-0.25, -0.2) is 4.98 Å². The molecule has 0 saturated carbocycles. The van der Waals surface area contributed by atoms with Crippen LogP contribution in [0.1, 0.15) is 44.0 Å². The average molecular weight is 472 g/mol. The number of aromatic nitrogens is 2. The normalized spacial score (nSPS) is 11.0. The van der Waals surface area contributed by atoms with Gasteiger partial charge in [0, 0.05) is 25.1 Å². The standard InChI is InChI=1S/C29H33N3O3/c1-18-15-19(2)21(4)23(20(18)3)17-32-25-10-8-7-9-24(25)31-28(32)13-14-30-29(33)22-11-12-26(34-5)27(16-22)35-6/h7-12,15-16H,13-14,17H2,1-6H3,(H,30,33). The molecule has 4 aromatic rings. The van der Waals surface area contributed by atoms with E-state index in [1.54, 1.807) is 32.4 Å². The van der Waals surface area contributed by atoms with Crippen molar-refractivity contribution in [3.05, 3.63) is 87.7 Å². The molecule has 1 aromatic heterocycles. The smallest absolute Gasteiger partial charge is 0.251 e. The minimum absolute atomic E-state index is 0.158. The molecule has 1 amide bonds. The van der Waals surface area contributed by atoms with E-state index < -0.39 is 0 Å². The number of benzene rings is 3. The molecule has 35 heavy (non-hydrogen) atoms. The summed E-state index contributed by atoms with van der Waals surface area (Å²) in [6.07, 6.45) is 0.622. The number of para-hydroxylation sites is 2. The highest BCUT2D eigenvalue weighted by Gasteiger charge is 2.16. The molecule has 3 aromatic carbocycles. The van der Waals surface area contributed by atoms with Crippen molar-refractivity contribution in [2.45, 2.75) is 40.7 Å². The zero-order valence-corrected chi connectivity index (χ0v) is 21.4. The van der Waals surface area contributed by atoms with Gasteiger partial charge in [0.1, 0.15) is 5.82 Å². The van der Waals surface area contributed by atoms with Gasteiger partial charge in [-0.15, -0.1) is 0 Å². The van der Waals surface area contributed by atoms with Gasteiger partial charge in [-0.3, -0.25) is 4.79 Å². The Hall–Kier alpha value is -3.80. The average Bonchev–Trinajstić information content (AvgIpc) is 3.21. The van der Waals surface area contributed by atoms with Gasteiger partial charge >= 0.3 is 0 Å². The van der Waals surface area contributed by atoms with E-state index in [2.05, 4.69) is 49.7 Å². The predicted octanol–water partition coefficient (Wildman–Crippen LogP) is 5.31. The number of carbonyl (C=O) groups is 1. The molecule has 0 radical (unpaired) electrons. The molecule has 0 aliphatic rings. The van der Waals surface area contributed by atoms with Crippen LogP contribution in [0.2, 0.25) is 0 Å². The van der Waals surface area contributed by atoms with Crippen LogP contribution < -0.4 is 14.8 Å². The number of methoxy groups -OCH3 is 2. The number of rotatable bonds is 8. The number of aryl methyl sites for hydroxylation is 2. The first-order chi connectivity index (χ1) is 16.8. The number of amides is 1. The van der Waals surface area contributed by atoms with Crippen LogP contribution in [0.4, 0.5) is 0 Å². The molecule has 6 nitrogen and oxygen atoms in total. The molecule has 0 atom stereocenters. The Morgan fingerprint density at radius 1 is 0.914 bits per heavy atom. The first kappa shape index (κ1) is 24.3. The number of hydrogen-bond donors (Lipinski definition) is 1. The molecular weight excluding hydrogens is 438 g/mol. The lowest BCUT2D eigenvalue weighted by Gasteiger charge is -2.18. The van der Waals surface area contributed by atoms with Gasteiger partial charge in [-0.2, -0.15) is 0 Å². The van der Waals surface area contributed by atoms with Crippen molar-refractivity contribution in [2.75, 3.05) is 20.8 Å². The second-order valence-electron chi connectivity index (χ2n) is 8.92. The number of fused-ring (bicyclic) bond motifs is 1. The maximum Gasteiger partial charge on any atom is 0.251 e. The van der Waals surface area contributed by atoms with E-state index in [4.69, 9.17) is 14.5 Å². The minimum atomic E-state index is -0.158. The second kappa shape index (κ2) is 10.2. The van der Waals surface area contributed by atoms with E-state index in [-0.39, 0.29) is 5.91 Å². The summed E-state index contributed by atoms with van der Waals surface area (Å²) in [4.78, 5) is 17.7. The molecule has 0 spiro atoms. The van der Waals surface area contributed by atoms with Crippen LogP contribution in [0.5, 0.6) is 11.5 Å². The van der Waals surface area contributed by atoms with Crippen molar-refractivity contribution >= 4 is 16.9 Å². The number of carbonyl (C=O) groups excluding carboxylic acids is 1. The zero-order chi connectivity index (χ0) is 25.1. The monoisotopic (exact) mass is 471 g/mol. The van der Waals surface area contributed by atoms with Crippen molar-refractivity contribution in [1.29, 1.82) is 0 Å². The van der Waals surface area contributed by atoms with Crippen LogP contribution in [0.25, 0.3) is 11.0 Å². The quantitative estimate of drug-likeness (QED) is 0.378. The molecule has 1 heterocycles. The maximum atomic E-state index is 12.8. The van der Waals surface area contributed by atoms with E-state index in [1.807, 2.05) is 18.2 Å². The SMILES string of the molecule is COc1ccc(C(=O)NCCc2nc3ccccc3n2Cc2c(C)c(C)cc(C)c2C)cc1OC. The Balaban J connectivity index is 1.57. The van der Waals surface area contributed by atoms with Crippen molar-refractivity contribution in [3.63, 3.8) is 0 Å². The van der Waals surface area contributed by atoms with Crippen molar-refractivity contribution in [3.8, 4) is 11.5 Å². The molecule has 0 aliphatic heterocycles. The third kappa shape index (κ3) is 4.87. The summed E-state index contributed by atoms with van der Waals surface area (Å²) < 4.78 is 12.9. The van der Waals surface area contributed by atoms with Gasteiger partial charge in [0.15, 0.2) is 11.5 Å². The molecule has 1 N–H and O–H groups in total. The summed E-state index contributed by atoms with van der Waals surface area (Å²) in [5.41, 5.74) is 9.17. The fourth-order valence-corrected chi connectivity index (χ4v) is 4.55. The van der Waals surface area contributed by atoms with E-state index in [0.29, 0.717) is 30.0 Å². The highest BCUT2D eigenvalue weighted by atomic mass is 16.5. The Morgan fingerprint density at radius 2 is 1.60 bits per heavy atom. The second-order valence-corrected chi connectivity index (χ2v) is 8.92. The van der Waals surface area contributed by atoms with E-state index in [9.17, 15) is 4.79 Å². The van der Waals surface area contributed by atoms with Crippen molar-refractivity contribution < 1.29 is 14.3 Å². The van der Waals surface area contributed by atoms with Gasteiger partial charge in [-0.1, -0.05) is 18.2 Å². The lowest BCUT2D eigenvalue weighted by molar-refractivity contribution is 0.0953. The van der Waals surface area contributed by atoms with E-state index >= 15 is 0 Å². The van der Waals surface area contributed by atoms with Gasteiger partial charge in [0.2, 0.25) is 0 Å². The van der Waals surface area contributed by atoms with Crippen LogP contribution >= 0.6 is 0 Å². The minimum Gasteiger partial charge on any atom is -0.493 e. The van der Waals surface area contributed by atoms with Crippen LogP contribution in [0.15, 0.2) is 48.5 Å². The Morgan fingerprint density at radius 3 is 2.29 bits per heavy atom. The van der Waals surface area contributed by atoms with Gasteiger partial charge in [0.05, 0.1) is 25.3 Å². The Kier molecular flexibility index (Phi) is 7.10.